The smallest absolute Gasteiger partial charge is 0.286 e. The Morgan fingerprint density at radius 2 is 1.15 bits per heavy atom. The number of carbonyl (C=O) groups excluding carboxylic acids is 2. The molecule has 2 aromatic rings. The number of phenols is 2. The van der Waals surface area contributed by atoms with Crippen LogP contribution in [-0.4, -0.2) is 81.6 Å². The summed E-state index contributed by atoms with van der Waals surface area (Å²) in [6.45, 7) is 7.03. The summed E-state index contributed by atoms with van der Waals surface area (Å²) in [4.78, 5) is 38.8. The van der Waals surface area contributed by atoms with E-state index in [1.165, 1.54) is 23.5 Å². The molecule has 3 aliphatic rings. The molecule has 2 aromatic carbocycles. The lowest BCUT2D eigenvalue weighted by molar-refractivity contribution is -0.114. The molecule has 0 spiro atoms. The van der Waals surface area contributed by atoms with Crippen LogP contribution in [0.1, 0.15) is 25.0 Å². The van der Waals surface area contributed by atoms with Gasteiger partial charge in [-0.2, -0.15) is 9.98 Å². The zero-order chi connectivity index (χ0) is 28.2. The van der Waals surface area contributed by atoms with Gasteiger partial charge in [0, 0.05) is 26.2 Å². The van der Waals surface area contributed by atoms with Gasteiger partial charge in [0.1, 0.15) is 0 Å². The second kappa shape index (κ2) is 12.1. The lowest BCUT2D eigenvalue weighted by atomic mass is 10.2. The lowest BCUT2D eigenvalue weighted by Crippen LogP contribution is -2.49. The zero-order valence-electron chi connectivity index (χ0n) is 22.0. The first-order valence-electron chi connectivity index (χ1n) is 12.8. The van der Waals surface area contributed by atoms with E-state index >= 15 is 0 Å². The van der Waals surface area contributed by atoms with Crippen LogP contribution in [0.15, 0.2) is 56.2 Å². The second-order valence-electron chi connectivity index (χ2n) is 8.91. The normalized spacial score (nSPS) is 19.4. The minimum Gasteiger partial charge on any atom is -0.504 e. The molecular weight excluding hydrogens is 552 g/mol. The first kappa shape index (κ1) is 27.7. The number of hydrogen-bond donors (Lipinski definition) is 2. The predicted molar refractivity (Wildman–Crippen MR) is 158 cm³/mol. The molecule has 2 N–H and O–H groups in total. The number of ether oxygens (including phenoxy) is 2. The van der Waals surface area contributed by atoms with Gasteiger partial charge in [-0.3, -0.25) is 9.59 Å². The van der Waals surface area contributed by atoms with E-state index in [9.17, 15) is 19.8 Å². The van der Waals surface area contributed by atoms with E-state index in [4.69, 9.17) is 9.47 Å². The molecule has 0 aromatic heterocycles. The van der Waals surface area contributed by atoms with E-state index in [1.807, 2.05) is 13.8 Å². The molecule has 2 amide bonds. The van der Waals surface area contributed by atoms with Crippen LogP contribution in [0.2, 0.25) is 0 Å². The maximum atomic E-state index is 12.6. The van der Waals surface area contributed by atoms with Crippen LogP contribution in [0.25, 0.3) is 12.2 Å². The summed E-state index contributed by atoms with van der Waals surface area (Å²) in [5.41, 5.74) is 1.48. The first-order chi connectivity index (χ1) is 19.3. The van der Waals surface area contributed by atoms with E-state index < -0.39 is 0 Å². The molecule has 1 fully saturated rings. The van der Waals surface area contributed by atoms with Crippen LogP contribution in [0.3, 0.4) is 0 Å². The molecule has 10 nitrogen and oxygen atoms in total. The minimum absolute atomic E-state index is 0.0506. The Kier molecular flexibility index (Phi) is 8.36. The van der Waals surface area contributed by atoms with Crippen LogP contribution in [0.4, 0.5) is 0 Å². The summed E-state index contributed by atoms with van der Waals surface area (Å²) in [5, 5.41) is 21.2. The number of aliphatic imine (C=N–C) groups is 2. The van der Waals surface area contributed by atoms with Crippen molar-refractivity contribution < 1.29 is 29.3 Å². The number of amides is 2. The summed E-state index contributed by atoms with van der Waals surface area (Å²) >= 11 is 2.65. The highest BCUT2D eigenvalue weighted by Gasteiger charge is 2.32. The zero-order valence-corrected chi connectivity index (χ0v) is 23.6. The number of piperazine rings is 1. The van der Waals surface area contributed by atoms with Crippen molar-refractivity contribution in [2.75, 3.05) is 39.4 Å². The summed E-state index contributed by atoms with van der Waals surface area (Å²) in [5.74, 6) is 0.237. The molecule has 208 valence electrons. The summed E-state index contributed by atoms with van der Waals surface area (Å²) in [7, 11) is 0. The minimum atomic E-state index is -0.300. The fraction of sp³-hybridized carbons (Fsp3) is 0.286. The van der Waals surface area contributed by atoms with Crippen LogP contribution in [0, 0.1) is 0 Å². The molecular formula is C28H28N4O6S2. The van der Waals surface area contributed by atoms with Crippen molar-refractivity contribution >= 4 is 57.8 Å². The third-order valence-electron chi connectivity index (χ3n) is 6.20. The lowest BCUT2D eigenvalue weighted by Gasteiger charge is -2.35. The Morgan fingerprint density at radius 3 is 1.52 bits per heavy atom. The highest BCUT2D eigenvalue weighted by molar-refractivity contribution is 8.18. The van der Waals surface area contributed by atoms with Gasteiger partial charge in [-0.25, -0.2) is 0 Å². The molecule has 0 radical (unpaired) electrons. The average Bonchev–Trinajstić information content (AvgIpc) is 3.50. The van der Waals surface area contributed by atoms with Crippen molar-refractivity contribution in [3.63, 3.8) is 0 Å². The van der Waals surface area contributed by atoms with Gasteiger partial charge in [-0.1, -0.05) is 12.1 Å². The number of phenolic OH excluding ortho intramolecular Hbond substituents is 2. The maximum absolute atomic E-state index is 12.6. The van der Waals surface area contributed by atoms with Crippen LogP contribution < -0.4 is 9.47 Å². The number of hydrogen-bond acceptors (Lipinski definition) is 10. The number of nitrogens with zero attached hydrogens (tertiary/aromatic N) is 4. The Bertz CT molecular complexity index is 1350. The van der Waals surface area contributed by atoms with Crippen molar-refractivity contribution in [1.29, 1.82) is 0 Å². The Hall–Kier alpha value is -3.90. The van der Waals surface area contributed by atoms with Crippen molar-refractivity contribution in [3.8, 4) is 23.0 Å². The van der Waals surface area contributed by atoms with E-state index in [1.54, 1.807) is 48.6 Å². The van der Waals surface area contributed by atoms with Gasteiger partial charge >= 0.3 is 0 Å². The molecule has 0 saturated carbocycles. The van der Waals surface area contributed by atoms with Gasteiger partial charge < -0.3 is 29.5 Å². The van der Waals surface area contributed by atoms with Crippen LogP contribution in [0.5, 0.6) is 23.0 Å². The standard InChI is InChI=1S/C28H28N4O6S2/c1-3-37-21-13-17(5-7-19(21)33)15-23-25(35)29-27(39-23)31-9-11-32(12-10-31)28-30-26(36)24(40-28)16-18-6-8-20(34)22(14-18)38-4-2/h5-8,13-16,33-34H,3-4,9-12H2,1-2H3/b23-15-,24-16-. The predicted octanol–water partition coefficient (Wildman–Crippen LogP) is 4.15. The summed E-state index contributed by atoms with van der Waals surface area (Å²) < 4.78 is 10.9. The van der Waals surface area contributed by atoms with E-state index in [-0.39, 0.29) is 23.3 Å². The van der Waals surface area contributed by atoms with Crippen LogP contribution in [-0.2, 0) is 9.59 Å². The number of benzene rings is 2. The highest BCUT2D eigenvalue weighted by Crippen LogP contribution is 2.35. The van der Waals surface area contributed by atoms with E-state index in [0.29, 0.717) is 71.0 Å². The molecule has 3 aliphatic heterocycles. The van der Waals surface area contributed by atoms with Crippen molar-refractivity contribution in [2.45, 2.75) is 13.8 Å². The summed E-state index contributed by atoms with van der Waals surface area (Å²) in [6.07, 6.45) is 3.49. The van der Waals surface area contributed by atoms with Gasteiger partial charge in [0.05, 0.1) is 23.0 Å². The fourth-order valence-corrected chi connectivity index (χ4v) is 6.17. The number of thioether (sulfide) groups is 2. The van der Waals surface area contributed by atoms with Crippen molar-refractivity contribution in [1.82, 2.24) is 9.80 Å². The van der Waals surface area contributed by atoms with Crippen LogP contribution >= 0.6 is 23.5 Å². The topological polar surface area (TPSA) is 124 Å². The molecule has 0 unspecified atom stereocenters. The third kappa shape index (κ3) is 6.13. The van der Waals surface area contributed by atoms with E-state index in [2.05, 4.69) is 19.8 Å². The Labute approximate surface area is 240 Å². The fourth-order valence-electron chi connectivity index (χ4n) is 4.24. The average molecular weight is 581 g/mol. The highest BCUT2D eigenvalue weighted by atomic mass is 32.2. The van der Waals surface area contributed by atoms with Gasteiger partial charge in [0.15, 0.2) is 33.3 Å². The number of amidine groups is 2. The van der Waals surface area contributed by atoms with Crippen molar-refractivity contribution in [2.24, 2.45) is 9.98 Å². The molecule has 3 heterocycles. The number of aromatic hydroxyl groups is 2. The molecule has 0 atom stereocenters. The first-order valence-corrected chi connectivity index (χ1v) is 14.4. The van der Waals surface area contributed by atoms with E-state index in [0.717, 1.165) is 11.1 Å². The monoisotopic (exact) mass is 580 g/mol. The quantitative estimate of drug-likeness (QED) is 0.482. The molecule has 1 saturated heterocycles. The Balaban J connectivity index is 1.19. The largest absolute Gasteiger partial charge is 0.504 e. The molecule has 12 heteroatoms. The Morgan fingerprint density at radius 1 is 0.750 bits per heavy atom. The third-order valence-corrected chi connectivity index (χ3v) is 8.29. The second-order valence-corrected chi connectivity index (χ2v) is 10.9. The molecule has 0 aliphatic carbocycles. The molecule has 0 bridgehead atoms. The SMILES string of the molecule is CCOc1cc(/C=C2\SC(N3CCN(C4=NC(=O)/C(=C/c5ccc(O)c(OCC)c5)S4)CC3)=NC2=O)ccc1O. The number of rotatable bonds is 6. The van der Waals surface area contributed by atoms with Gasteiger partial charge in [-0.15, -0.1) is 0 Å². The van der Waals surface area contributed by atoms with Gasteiger partial charge in [-0.05, 0) is 84.9 Å². The van der Waals surface area contributed by atoms with Crippen molar-refractivity contribution in [3.05, 3.63) is 57.3 Å². The molecule has 40 heavy (non-hydrogen) atoms. The molecule has 5 rings (SSSR count). The van der Waals surface area contributed by atoms with Gasteiger partial charge in [0.25, 0.3) is 11.8 Å². The van der Waals surface area contributed by atoms with Gasteiger partial charge in [0.2, 0.25) is 0 Å². The summed E-state index contributed by atoms with van der Waals surface area (Å²) in [6, 6.07) is 9.92. The number of carbonyl (C=O) groups is 2. The maximum Gasteiger partial charge on any atom is 0.286 e.